The first-order valence-electron chi connectivity index (χ1n) is 6.22. The molecule has 112 valence electrons. The molecular formula is C13H18ClNO4S. The van der Waals surface area contributed by atoms with Crippen molar-refractivity contribution in [3.05, 3.63) is 23.2 Å². The van der Waals surface area contributed by atoms with Crippen molar-refractivity contribution in [3.8, 4) is 5.75 Å². The molecule has 1 saturated carbocycles. The van der Waals surface area contributed by atoms with E-state index in [4.69, 9.17) is 16.3 Å². The van der Waals surface area contributed by atoms with Crippen LogP contribution in [0.4, 0.5) is 0 Å². The van der Waals surface area contributed by atoms with Crippen LogP contribution >= 0.6 is 11.6 Å². The lowest BCUT2D eigenvalue weighted by atomic mass is 9.65. The molecule has 2 N–H and O–H groups in total. The van der Waals surface area contributed by atoms with Gasteiger partial charge in [-0.05, 0) is 24.6 Å². The highest BCUT2D eigenvalue weighted by molar-refractivity contribution is 7.89. The minimum Gasteiger partial charge on any atom is -0.495 e. The molecule has 1 aromatic carbocycles. The fraction of sp³-hybridized carbons (Fsp3) is 0.538. The van der Waals surface area contributed by atoms with Crippen molar-refractivity contribution in [2.75, 3.05) is 7.11 Å². The molecule has 0 amide bonds. The maximum Gasteiger partial charge on any atom is 0.240 e. The van der Waals surface area contributed by atoms with Gasteiger partial charge in [-0.15, -0.1) is 0 Å². The van der Waals surface area contributed by atoms with Crippen molar-refractivity contribution < 1.29 is 18.3 Å². The normalized spacial score (nSPS) is 25.1. The van der Waals surface area contributed by atoms with E-state index >= 15 is 0 Å². The summed E-state index contributed by atoms with van der Waals surface area (Å²) in [5, 5.41) is 9.89. The highest BCUT2D eigenvalue weighted by Crippen LogP contribution is 2.41. The number of benzene rings is 1. The number of aliphatic hydroxyl groups is 1. The molecule has 7 heteroatoms. The maximum absolute atomic E-state index is 12.3. The van der Waals surface area contributed by atoms with Crippen LogP contribution in [0.3, 0.4) is 0 Å². The maximum atomic E-state index is 12.3. The molecule has 1 aliphatic rings. The Morgan fingerprint density at radius 1 is 1.45 bits per heavy atom. The van der Waals surface area contributed by atoms with Crippen molar-refractivity contribution in [1.29, 1.82) is 0 Å². The van der Waals surface area contributed by atoms with Gasteiger partial charge in [-0.25, -0.2) is 13.1 Å². The lowest BCUT2D eigenvalue weighted by Gasteiger charge is -2.49. The van der Waals surface area contributed by atoms with Crippen molar-refractivity contribution in [2.45, 2.75) is 37.3 Å². The highest BCUT2D eigenvalue weighted by Gasteiger charge is 2.48. The summed E-state index contributed by atoms with van der Waals surface area (Å²) in [6.07, 6.45) is -0.0782. The van der Waals surface area contributed by atoms with Gasteiger partial charge in [0.2, 0.25) is 10.0 Å². The Balaban J connectivity index is 2.21. The number of sulfonamides is 1. The summed E-state index contributed by atoms with van der Waals surface area (Å²) >= 11 is 5.94. The molecule has 2 atom stereocenters. The Hall–Kier alpha value is -0.820. The van der Waals surface area contributed by atoms with E-state index in [1.807, 2.05) is 13.8 Å². The SMILES string of the molecule is COc1ccc(S(=O)(=O)NC2CC(O)C2(C)C)cc1Cl. The molecule has 20 heavy (non-hydrogen) atoms. The van der Waals surface area contributed by atoms with Crippen LogP contribution in [0.5, 0.6) is 5.75 Å². The number of rotatable bonds is 4. The number of hydrogen-bond donors (Lipinski definition) is 2. The van der Waals surface area contributed by atoms with E-state index in [-0.39, 0.29) is 16.0 Å². The molecule has 0 heterocycles. The predicted octanol–water partition coefficient (Wildman–Crippen LogP) is 1.79. The summed E-state index contributed by atoms with van der Waals surface area (Å²) in [7, 11) is -2.20. The van der Waals surface area contributed by atoms with E-state index in [1.54, 1.807) is 0 Å². The zero-order valence-corrected chi connectivity index (χ0v) is 13.1. The molecule has 1 aliphatic carbocycles. The third-order valence-electron chi connectivity index (χ3n) is 3.95. The van der Waals surface area contributed by atoms with E-state index in [2.05, 4.69) is 4.72 Å². The minimum atomic E-state index is -3.66. The molecule has 1 fully saturated rings. The molecule has 2 rings (SSSR count). The second-order valence-corrected chi connectivity index (χ2v) is 7.66. The van der Waals surface area contributed by atoms with Gasteiger partial charge in [0, 0.05) is 11.5 Å². The topological polar surface area (TPSA) is 75.6 Å². The van der Waals surface area contributed by atoms with Crippen molar-refractivity contribution >= 4 is 21.6 Å². The molecule has 0 aliphatic heterocycles. The first-order valence-corrected chi connectivity index (χ1v) is 8.08. The second-order valence-electron chi connectivity index (χ2n) is 5.54. The van der Waals surface area contributed by atoms with Crippen LogP contribution in [0, 0.1) is 5.41 Å². The first kappa shape index (κ1) is 15.6. The summed E-state index contributed by atoms with van der Waals surface area (Å²) < 4.78 is 32.2. The standard InChI is InChI=1S/C13H18ClNO4S/c1-13(2)11(7-12(13)16)15-20(17,18)8-4-5-10(19-3)9(14)6-8/h4-6,11-12,15-16H,7H2,1-3H3. The molecule has 0 bridgehead atoms. The molecular weight excluding hydrogens is 302 g/mol. The summed E-state index contributed by atoms with van der Waals surface area (Å²) in [6.45, 7) is 3.66. The highest BCUT2D eigenvalue weighted by atomic mass is 35.5. The number of halogens is 1. The van der Waals surface area contributed by atoms with Crippen LogP contribution in [0.15, 0.2) is 23.1 Å². The van der Waals surface area contributed by atoms with Gasteiger partial charge in [-0.2, -0.15) is 0 Å². The number of ether oxygens (including phenoxy) is 1. The number of hydrogen-bond acceptors (Lipinski definition) is 4. The summed E-state index contributed by atoms with van der Waals surface area (Å²) in [5.41, 5.74) is -0.469. The van der Waals surface area contributed by atoms with E-state index in [9.17, 15) is 13.5 Å². The van der Waals surface area contributed by atoms with Crippen molar-refractivity contribution in [1.82, 2.24) is 4.72 Å². The zero-order chi connectivity index (χ0) is 15.1. The van der Waals surface area contributed by atoms with Crippen LogP contribution in [0.1, 0.15) is 20.3 Å². The smallest absolute Gasteiger partial charge is 0.240 e. The van der Waals surface area contributed by atoms with Crippen LogP contribution in [-0.2, 0) is 10.0 Å². The van der Waals surface area contributed by atoms with Gasteiger partial charge in [0.15, 0.2) is 0 Å². The zero-order valence-electron chi connectivity index (χ0n) is 11.6. The molecule has 0 spiro atoms. The Labute approximate surface area is 124 Å². The Morgan fingerprint density at radius 3 is 2.55 bits per heavy atom. The van der Waals surface area contributed by atoms with Crippen LogP contribution in [-0.4, -0.2) is 32.8 Å². The fourth-order valence-corrected chi connectivity index (χ4v) is 3.93. The molecule has 0 saturated heterocycles. The Bertz CT molecular complexity index is 615. The molecule has 0 radical (unpaired) electrons. The van der Waals surface area contributed by atoms with Crippen molar-refractivity contribution in [2.24, 2.45) is 5.41 Å². The molecule has 0 aromatic heterocycles. The third-order valence-corrected chi connectivity index (χ3v) is 5.71. The monoisotopic (exact) mass is 319 g/mol. The minimum absolute atomic E-state index is 0.0838. The van der Waals surface area contributed by atoms with Gasteiger partial charge >= 0.3 is 0 Å². The lowest BCUT2D eigenvalue weighted by molar-refractivity contribution is -0.0645. The first-order chi connectivity index (χ1) is 9.18. The van der Waals surface area contributed by atoms with Gasteiger partial charge < -0.3 is 9.84 Å². The van der Waals surface area contributed by atoms with E-state index in [0.717, 1.165) is 0 Å². The Morgan fingerprint density at radius 2 is 2.10 bits per heavy atom. The summed E-state index contributed by atoms with van der Waals surface area (Å²) in [6, 6.07) is 4.01. The van der Waals surface area contributed by atoms with E-state index in [1.165, 1.54) is 25.3 Å². The van der Waals surface area contributed by atoms with Crippen LogP contribution < -0.4 is 9.46 Å². The predicted molar refractivity (Wildman–Crippen MR) is 76.5 cm³/mol. The average molecular weight is 320 g/mol. The number of nitrogens with one attached hydrogen (secondary N) is 1. The summed E-state index contributed by atoms with van der Waals surface area (Å²) in [5.74, 6) is 0.421. The quantitative estimate of drug-likeness (QED) is 0.887. The largest absolute Gasteiger partial charge is 0.495 e. The van der Waals surface area contributed by atoms with Gasteiger partial charge in [0.05, 0.1) is 23.1 Å². The van der Waals surface area contributed by atoms with Crippen LogP contribution in [0.25, 0.3) is 0 Å². The van der Waals surface area contributed by atoms with Gasteiger partial charge in [0.1, 0.15) is 5.75 Å². The number of aliphatic hydroxyl groups excluding tert-OH is 1. The third kappa shape index (κ3) is 2.65. The van der Waals surface area contributed by atoms with Gasteiger partial charge in [-0.1, -0.05) is 25.4 Å². The fourth-order valence-electron chi connectivity index (χ4n) is 2.17. The lowest BCUT2D eigenvalue weighted by Crippen LogP contribution is -2.61. The molecule has 1 aromatic rings. The van der Waals surface area contributed by atoms with Crippen LogP contribution in [0.2, 0.25) is 5.02 Å². The molecule has 5 nitrogen and oxygen atoms in total. The van der Waals surface area contributed by atoms with Crippen molar-refractivity contribution in [3.63, 3.8) is 0 Å². The molecule has 2 unspecified atom stereocenters. The van der Waals surface area contributed by atoms with E-state index in [0.29, 0.717) is 12.2 Å². The van der Waals surface area contributed by atoms with Gasteiger partial charge in [0.25, 0.3) is 0 Å². The Kier molecular flexibility index (Phi) is 4.03. The average Bonchev–Trinajstić information content (AvgIpc) is 2.38. The summed E-state index contributed by atoms with van der Waals surface area (Å²) in [4.78, 5) is 0.0838. The van der Waals surface area contributed by atoms with E-state index < -0.39 is 21.5 Å². The van der Waals surface area contributed by atoms with Gasteiger partial charge in [-0.3, -0.25) is 0 Å². The second kappa shape index (κ2) is 5.18. The number of methoxy groups -OCH3 is 1.